The Bertz CT molecular complexity index is 1160. The van der Waals surface area contributed by atoms with Crippen molar-refractivity contribution in [2.45, 2.75) is 13.3 Å². The molecule has 1 N–H and O–H groups in total. The summed E-state index contributed by atoms with van der Waals surface area (Å²) >= 11 is 12.0. The molecule has 0 aliphatic heterocycles. The number of halogens is 2. The Morgan fingerprint density at radius 3 is 2.60 bits per heavy atom. The van der Waals surface area contributed by atoms with Gasteiger partial charge in [-0.2, -0.15) is 5.10 Å². The summed E-state index contributed by atoms with van der Waals surface area (Å²) in [6.45, 7) is 0.596. The fourth-order valence-corrected chi connectivity index (χ4v) is 2.94. The number of carbonyl (C=O) groups is 1. The molecule has 10 heteroatoms. The molecule has 2 aromatic carbocycles. The van der Waals surface area contributed by atoms with E-state index >= 15 is 0 Å². The lowest BCUT2D eigenvalue weighted by Crippen LogP contribution is -2.15. The van der Waals surface area contributed by atoms with Gasteiger partial charge < -0.3 is 4.74 Å². The highest BCUT2D eigenvalue weighted by Crippen LogP contribution is 2.17. The number of anilines is 1. The Balaban J connectivity index is 1.34. The van der Waals surface area contributed by atoms with Crippen LogP contribution in [0.3, 0.4) is 0 Å². The SMILES string of the molecule is O=C(Nc1ncn(Cc2ccccc2Cl)n1)c1ccn(COc2ccc(Cl)cc2)n1. The van der Waals surface area contributed by atoms with Crippen molar-refractivity contribution in [2.24, 2.45) is 0 Å². The van der Waals surface area contributed by atoms with Crippen LogP contribution in [-0.2, 0) is 13.3 Å². The van der Waals surface area contributed by atoms with E-state index in [2.05, 4.69) is 20.5 Å². The summed E-state index contributed by atoms with van der Waals surface area (Å²) in [4.78, 5) is 16.5. The van der Waals surface area contributed by atoms with Crippen molar-refractivity contribution in [1.29, 1.82) is 0 Å². The Kier molecular flexibility index (Phi) is 5.97. The van der Waals surface area contributed by atoms with Gasteiger partial charge in [-0.15, -0.1) is 5.10 Å². The Hall–Kier alpha value is -3.36. The molecular weight excluding hydrogens is 427 g/mol. The highest BCUT2D eigenvalue weighted by molar-refractivity contribution is 6.31. The van der Waals surface area contributed by atoms with Gasteiger partial charge in [0.2, 0.25) is 5.95 Å². The van der Waals surface area contributed by atoms with Crippen LogP contribution < -0.4 is 10.1 Å². The van der Waals surface area contributed by atoms with Gasteiger partial charge in [-0.25, -0.2) is 14.3 Å². The van der Waals surface area contributed by atoms with Crippen LogP contribution in [0.4, 0.5) is 5.95 Å². The van der Waals surface area contributed by atoms with Gasteiger partial charge in [-0.1, -0.05) is 41.4 Å². The number of nitrogens with zero attached hydrogens (tertiary/aromatic N) is 5. The zero-order valence-electron chi connectivity index (χ0n) is 15.6. The largest absolute Gasteiger partial charge is 0.471 e. The van der Waals surface area contributed by atoms with Gasteiger partial charge in [-0.3, -0.25) is 10.1 Å². The molecule has 4 rings (SSSR count). The van der Waals surface area contributed by atoms with Crippen LogP contribution in [0.25, 0.3) is 0 Å². The molecule has 0 bridgehead atoms. The summed E-state index contributed by atoms with van der Waals surface area (Å²) in [7, 11) is 0. The molecule has 0 aliphatic rings. The maximum Gasteiger partial charge on any atom is 0.278 e. The minimum Gasteiger partial charge on any atom is -0.471 e. The van der Waals surface area contributed by atoms with Gasteiger partial charge in [0, 0.05) is 16.2 Å². The molecule has 1 amide bonds. The zero-order valence-corrected chi connectivity index (χ0v) is 17.1. The molecule has 0 atom stereocenters. The minimum absolute atomic E-state index is 0.152. The third-order valence-electron chi connectivity index (χ3n) is 4.10. The minimum atomic E-state index is -0.421. The Labute approximate surface area is 182 Å². The van der Waals surface area contributed by atoms with Gasteiger partial charge in [0.05, 0.1) is 6.54 Å². The smallest absolute Gasteiger partial charge is 0.278 e. The predicted octanol–water partition coefficient (Wildman–Crippen LogP) is 4.12. The summed E-state index contributed by atoms with van der Waals surface area (Å²) in [5.41, 5.74) is 1.12. The number of rotatable bonds is 7. The maximum absolute atomic E-state index is 12.4. The zero-order chi connectivity index (χ0) is 20.9. The van der Waals surface area contributed by atoms with E-state index in [9.17, 15) is 4.79 Å². The first kappa shape index (κ1) is 19.9. The highest BCUT2D eigenvalue weighted by Gasteiger charge is 2.13. The van der Waals surface area contributed by atoms with Crippen molar-refractivity contribution in [2.75, 3.05) is 5.32 Å². The molecular formula is C20H16Cl2N6O2. The summed E-state index contributed by atoms with van der Waals surface area (Å²) in [6.07, 6.45) is 3.17. The molecule has 0 aliphatic carbocycles. The van der Waals surface area contributed by atoms with E-state index in [1.165, 1.54) is 11.0 Å². The predicted molar refractivity (Wildman–Crippen MR) is 113 cm³/mol. The number of carbonyl (C=O) groups excluding carboxylic acids is 1. The highest BCUT2D eigenvalue weighted by atomic mass is 35.5. The van der Waals surface area contributed by atoms with Gasteiger partial charge >= 0.3 is 0 Å². The number of nitrogens with one attached hydrogen (secondary N) is 1. The van der Waals surface area contributed by atoms with Gasteiger partial charge in [-0.05, 0) is 42.0 Å². The van der Waals surface area contributed by atoms with Gasteiger partial charge in [0.15, 0.2) is 12.4 Å². The first-order valence-electron chi connectivity index (χ1n) is 8.93. The van der Waals surface area contributed by atoms with Crippen LogP contribution in [-0.4, -0.2) is 30.5 Å². The standard InChI is InChI=1S/C20H16Cl2N6O2/c21-15-5-7-16(8-6-15)30-13-27-10-9-18(25-27)19(29)24-20-23-12-28(26-20)11-14-3-1-2-4-17(14)22/h1-10,12H,11,13H2,(H,24,26,29). The van der Waals surface area contributed by atoms with Gasteiger partial charge in [0.25, 0.3) is 5.91 Å². The van der Waals surface area contributed by atoms with E-state index in [0.29, 0.717) is 22.3 Å². The lowest BCUT2D eigenvalue weighted by molar-refractivity contribution is 0.101. The quantitative estimate of drug-likeness (QED) is 0.465. The first-order chi connectivity index (χ1) is 14.6. The average Bonchev–Trinajstić information content (AvgIpc) is 3.39. The van der Waals surface area contributed by atoms with E-state index in [-0.39, 0.29) is 18.4 Å². The number of amides is 1. The molecule has 0 spiro atoms. The molecule has 2 heterocycles. The topological polar surface area (TPSA) is 86.9 Å². The fraction of sp³-hybridized carbons (Fsp3) is 0.100. The number of benzene rings is 2. The Morgan fingerprint density at radius 2 is 1.80 bits per heavy atom. The molecule has 0 unspecified atom stereocenters. The molecule has 0 fully saturated rings. The molecule has 2 aromatic heterocycles. The number of aromatic nitrogens is 5. The normalized spacial score (nSPS) is 10.7. The first-order valence-corrected chi connectivity index (χ1v) is 9.68. The second-order valence-electron chi connectivity index (χ2n) is 6.28. The second kappa shape index (κ2) is 8.98. The van der Waals surface area contributed by atoms with E-state index in [1.54, 1.807) is 41.2 Å². The second-order valence-corrected chi connectivity index (χ2v) is 7.12. The summed E-state index contributed by atoms with van der Waals surface area (Å²) in [5, 5.41) is 12.3. The maximum atomic E-state index is 12.4. The van der Waals surface area contributed by atoms with Crippen LogP contribution in [0, 0.1) is 0 Å². The fourth-order valence-electron chi connectivity index (χ4n) is 2.62. The summed E-state index contributed by atoms with van der Waals surface area (Å²) < 4.78 is 8.70. The monoisotopic (exact) mass is 442 g/mol. The summed E-state index contributed by atoms with van der Waals surface area (Å²) in [6, 6.07) is 16.0. The molecule has 0 saturated carbocycles. The summed E-state index contributed by atoms with van der Waals surface area (Å²) in [5.74, 6) is 0.406. The van der Waals surface area contributed by atoms with Crippen molar-refractivity contribution in [3.8, 4) is 5.75 Å². The molecule has 152 valence electrons. The third kappa shape index (κ3) is 4.97. The van der Waals surface area contributed by atoms with Crippen LogP contribution in [0.5, 0.6) is 5.75 Å². The van der Waals surface area contributed by atoms with Crippen LogP contribution in [0.15, 0.2) is 67.1 Å². The number of ether oxygens (including phenoxy) is 1. The third-order valence-corrected chi connectivity index (χ3v) is 4.72. The van der Waals surface area contributed by atoms with Crippen molar-refractivity contribution in [3.05, 3.63) is 88.4 Å². The average molecular weight is 443 g/mol. The molecule has 30 heavy (non-hydrogen) atoms. The lowest BCUT2D eigenvalue weighted by atomic mass is 10.2. The van der Waals surface area contributed by atoms with E-state index in [1.807, 2.05) is 24.3 Å². The van der Waals surface area contributed by atoms with Crippen LogP contribution >= 0.6 is 23.2 Å². The number of hydrogen-bond donors (Lipinski definition) is 1. The van der Waals surface area contributed by atoms with Crippen LogP contribution in [0.2, 0.25) is 10.0 Å². The van der Waals surface area contributed by atoms with E-state index < -0.39 is 5.91 Å². The van der Waals surface area contributed by atoms with E-state index in [4.69, 9.17) is 27.9 Å². The number of hydrogen-bond acceptors (Lipinski definition) is 5. The molecule has 8 nitrogen and oxygen atoms in total. The van der Waals surface area contributed by atoms with Crippen molar-refractivity contribution >= 4 is 35.1 Å². The van der Waals surface area contributed by atoms with Gasteiger partial charge in [0.1, 0.15) is 12.1 Å². The molecule has 4 aromatic rings. The lowest BCUT2D eigenvalue weighted by Gasteiger charge is -2.06. The van der Waals surface area contributed by atoms with Crippen molar-refractivity contribution in [3.63, 3.8) is 0 Å². The van der Waals surface area contributed by atoms with Crippen molar-refractivity contribution < 1.29 is 9.53 Å². The van der Waals surface area contributed by atoms with Crippen molar-refractivity contribution in [1.82, 2.24) is 24.5 Å². The van der Waals surface area contributed by atoms with Crippen LogP contribution in [0.1, 0.15) is 16.1 Å². The molecule has 0 radical (unpaired) electrons. The molecule has 0 saturated heterocycles. The van der Waals surface area contributed by atoms with E-state index in [0.717, 1.165) is 5.56 Å². The Morgan fingerprint density at radius 1 is 1.00 bits per heavy atom.